The lowest BCUT2D eigenvalue weighted by molar-refractivity contribution is -0.136. The monoisotopic (exact) mass is 424 g/mol. The van der Waals surface area contributed by atoms with Crippen LogP contribution in [0.1, 0.15) is 5.69 Å². The van der Waals surface area contributed by atoms with E-state index in [0.29, 0.717) is 10.9 Å². The molecule has 8 heteroatoms. The standard InChI is InChI=1S/C22H20N2O5S/c1-24(2)19-7-3-6-15-14(19)5-4-8-20(15)30(28,29)22-16-11-13(25)9-10-17(16)23-18(22)12-21(26)27/h3-11,23,25H,12H2,1-2H3,(H,26,27). The SMILES string of the molecule is CN(C)c1cccc2c(S(=O)(=O)c3c(CC(=O)O)[nH]c4ccc(O)cc34)cccc12. The molecule has 1 aromatic heterocycles. The average Bonchev–Trinajstić information content (AvgIpc) is 3.03. The van der Waals surface area contributed by atoms with E-state index < -0.39 is 22.2 Å². The summed E-state index contributed by atoms with van der Waals surface area (Å²) in [6.45, 7) is 0. The molecule has 0 amide bonds. The summed E-state index contributed by atoms with van der Waals surface area (Å²) in [4.78, 5) is 16.1. The van der Waals surface area contributed by atoms with Crippen molar-refractivity contribution >= 4 is 43.2 Å². The summed E-state index contributed by atoms with van der Waals surface area (Å²) < 4.78 is 27.6. The number of rotatable bonds is 5. The summed E-state index contributed by atoms with van der Waals surface area (Å²) in [6.07, 6.45) is -0.488. The molecule has 0 atom stereocenters. The third-order valence-electron chi connectivity index (χ3n) is 5.03. The highest BCUT2D eigenvalue weighted by molar-refractivity contribution is 7.92. The molecule has 0 saturated heterocycles. The first-order chi connectivity index (χ1) is 14.2. The van der Waals surface area contributed by atoms with Crippen LogP contribution in [0.15, 0.2) is 64.4 Å². The number of fused-ring (bicyclic) bond motifs is 2. The van der Waals surface area contributed by atoms with Gasteiger partial charge >= 0.3 is 5.97 Å². The number of nitrogens with one attached hydrogen (secondary N) is 1. The maximum Gasteiger partial charge on any atom is 0.309 e. The van der Waals surface area contributed by atoms with Crippen molar-refractivity contribution in [1.29, 1.82) is 0 Å². The molecule has 3 aromatic carbocycles. The van der Waals surface area contributed by atoms with E-state index in [9.17, 15) is 23.4 Å². The van der Waals surface area contributed by atoms with Crippen LogP contribution in [0.4, 0.5) is 5.69 Å². The number of aromatic nitrogens is 1. The molecule has 30 heavy (non-hydrogen) atoms. The minimum atomic E-state index is -4.11. The van der Waals surface area contributed by atoms with Crippen molar-refractivity contribution in [2.24, 2.45) is 0 Å². The molecule has 0 aliphatic rings. The van der Waals surface area contributed by atoms with E-state index in [4.69, 9.17) is 0 Å². The third kappa shape index (κ3) is 3.15. The molecule has 1 heterocycles. The van der Waals surface area contributed by atoms with Gasteiger partial charge in [0.1, 0.15) is 10.6 Å². The average molecular weight is 424 g/mol. The van der Waals surface area contributed by atoms with Gasteiger partial charge in [0.25, 0.3) is 0 Å². The van der Waals surface area contributed by atoms with Crippen molar-refractivity contribution in [3.05, 3.63) is 60.3 Å². The fraction of sp³-hybridized carbons (Fsp3) is 0.136. The Kier molecular flexibility index (Phi) is 4.66. The van der Waals surface area contributed by atoms with Gasteiger partial charge in [-0.25, -0.2) is 8.42 Å². The number of benzene rings is 3. The van der Waals surface area contributed by atoms with Gasteiger partial charge in [0.2, 0.25) is 9.84 Å². The Morgan fingerprint density at radius 3 is 2.40 bits per heavy atom. The molecule has 0 radical (unpaired) electrons. The number of hydrogen-bond acceptors (Lipinski definition) is 5. The van der Waals surface area contributed by atoms with Crippen LogP contribution >= 0.6 is 0 Å². The number of carbonyl (C=O) groups is 1. The molecule has 3 N–H and O–H groups in total. The Labute approximate surface area is 173 Å². The second-order valence-electron chi connectivity index (χ2n) is 7.26. The van der Waals surface area contributed by atoms with Crippen LogP contribution in [0, 0.1) is 0 Å². The van der Waals surface area contributed by atoms with Crippen molar-refractivity contribution in [1.82, 2.24) is 4.98 Å². The number of aromatic hydroxyl groups is 1. The Morgan fingerprint density at radius 2 is 1.70 bits per heavy atom. The number of sulfone groups is 1. The molecular weight excluding hydrogens is 404 g/mol. The predicted octanol–water partition coefficient (Wildman–Crippen LogP) is 3.55. The molecule has 4 aromatic rings. The molecule has 0 bridgehead atoms. The molecule has 0 saturated carbocycles. The van der Waals surface area contributed by atoms with Crippen LogP contribution in [0.25, 0.3) is 21.7 Å². The Balaban J connectivity index is 2.06. The van der Waals surface area contributed by atoms with Crippen LogP contribution in [-0.4, -0.2) is 43.7 Å². The van der Waals surface area contributed by atoms with Crippen LogP contribution in [0.2, 0.25) is 0 Å². The molecule has 0 aliphatic carbocycles. The molecule has 154 valence electrons. The smallest absolute Gasteiger partial charge is 0.309 e. The Morgan fingerprint density at radius 1 is 1.00 bits per heavy atom. The first-order valence-corrected chi connectivity index (χ1v) is 10.7. The highest BCUT2D eigenvalue weighted by atomic mass is 32.2. The van der Waals surface area contributed by atoms with Gasteiger partial charge < -0.3 is 20.1 Å². The van der Waals surface area contributed by atoms with Crippen molar-refractivity contribution in [3.63, 3.8) is 0 Å². The molecule has 4 rings (SSSR count). The van der Waals surface area contributed by atoms with Crippen molar-refractivity contribution in [3.8, 4) is 5.75 Å². The van der Waals surface area contributed by atoms with E-state index >= 15 is 0 Å². The second-order valence-corrected chi connectivity index (χ2v) is 9.11. The highest BCUT2D eigenvalue weighted by Gasteiger charge is 2.29. The second kappa shape index (κ2) is 7.07. The predicted molar refractivity (Wildman–Crippen MR) is 115 cm³/mol. The fourth-order valence-corrected chi connectivity index (χ4v) is 5.64. The normalized spacial score (nSPS) is 11.8. The minimum absolute atomic E-state index is 0.0730. The Bertz CT molecular complexity index is 1400. The van der Waals surface area contributed by atoms with Crippen LogP contribution in [-0.2, 0) is 21.1 Å². The zero-order valence-electron chi connectivity index (χ0n) is 16.4. The quantitative estimate of drug-likeness (QED) is 0.452. The zero-order valence-corrected chi connectivity index (χ0v) is 17.2. The first-order valence-electron chi connectivity index (χ1n) is 9.19. The van der Waals surface area contributed by atoms with Gasteiger partial charge in [-0.15, -0.1) is 0 Å². The largest absolute Gasteiger partial charge is 0.508 e. The van der Waals surface area contributed by atoms with E-state index in [1.54, 1.807) is 18.2 Å². The van der Waals surface area contributed by atoms with E-state index in [1.807, 2.05) is 31.1 Å². The molecule has 0 unspecified atom stereocenters. The number of hydrogen-bond donors (Lipinski definition) is 3. The van der Waals surface area contributed by atoms with Gasteiger partial charge in [0.05, 0.1) is 11.3 Å². The topological polar surface area (TPSA) is 111 Å². The molecular formula is C22H20N2O5S. The lowest BCUT2D eigenvalue weighted by Crippen LogP contribution is -2.11. The number of aromatic amines is 1. The minimum Gasteiger partial charge on any atom is -0.508 e. The number of anilines is 1. The van der Waals surface area contributed by atoms with Crippen LogP contribution in [0.3, 0.4) is 0 Å². The fourth-order valence-electron chi connectivity index (χ4n) is 3.79. The zero-order chi connectivity index (χ0) is 21.6. The lowest BCUT2D eigenvalue weighted by Gasteiger charge is -2.17. The molecule has 0 fully saturated rings. The van der Waals surface area contributed by atoms with Crippen LogP contribution < -0.4 is 4.90 Å². The van der Waals surface area contributed by atoms with Crippen molar-refractivity contribution < 1.29 is 23.4 Å². The summed E-state index contributed by atoms with van der Waals surface area (Å²) in [5.41, 5.74) is 1.38. The number of carboxylic acids is 1. The van der Waals surface area contributed by atoms with E-state index in [-0.39, 0.29) is 26.6 Å². The van der Waals surface area contributed by atoms with Gasteiger partial charge in [-0.05, 0) is 30.3 Å². The molecule has 0 spiro atoms. The summed E-state index contributed by atoms with van der Waals surface area (Å²) >= 11 is 0. The summed E-state index contributed by atoms with van der Waals surface area (Å²) in [5, 5.41) is 20.8. The summed E-state index contributed by atoms with van der Waals surface area (Å²) in [5.74, 6) is -1.26. The van der Waals surface area contributed by atoms with Gasteiger partial charge in [-0.1, -0.05) is 24.3 Å². The van der Waals surface area contributed by atoms with E-state index in [2.05, 4.69) is 4.98 Å². The third-order valence-corrected chi connectivity index (χ3v) is 6.97. The van der Waals surface area contributed by atoms with Crippen LogP contribution in [0.5, 0.6) is 5.75 Å². The van der Waals surface area contributed by atoms with Crippen molar-refractivity contribution in [2.45, 2.75) is 16.2 Å². The number of aliphatic carboxylic acids is 1. The van der Waals surface area contributed by atoms with E-state index in [1.165, 1.54) is 24.3 Å². The summed E-state index contributed by atoms with van der Waals surface area (Å²) in [6, 6.07) is 14.7. The van der Waals surface area contributed by atoms with Gasteiger partial charge in [-0.3, -0.25) is 4.79 Å². The molecule has 0 aliphatic heterocycles. The summed E-state index contributed by atoms with van der Waals surface area (Å²) in [7, 11) is -0.352. The number of phenols is 1. The van der Waals surface area contributed by atoms with Gasteiger partial charge in [0.15, 0.2) is 0 Å². The highest BCUT2D eigenvalue weighted by Crippen LogP contribution is 2.38. The number of carboxylic acid groups (broad SMARTS) is 1. The van der Waals surface area contributed by atoms with E-state index in [0.717, 1.165) is 11.1 Å². The number of H-pyrrole nitrogens is 1. The lowest BCUT2D eigenvalue weighted by atomic mass is 10.1. The molecule has 7 nitrogen and oxygen atoms in total. The van der Waals surface area contributed by atoms with Gasteiger partial charge in [0, 0.05) is 47.2 Å². The first kappa shape index (κ1) is 19.8. The Hall–Kier alpha value is -3.52. The van der Waals surface area contributed by atoms with Gasteiger partial charge in [-0.2, -0.15) is 0 Å². The number of nitrogens with zero attached hydrogens (tertiary/aromatic N) is 1. The maximum atomic E-state index is 13.8. The number of phenolic OH excluding ortho intramolecular Hbond substituents is 1. The van der Waals surface area contributed by atoms with Crippen molar-refractivity contribution in [2.75, 3.05) is 19.0 Å². The maximum absolute atomic E-state index is 13.8.